The number of thioether (sulfide) groups is 1. The van der Waals surface area contributed by atoms with Crippen molar-refractivity contribution in [1.29, 1.82) is 0 Å². The second-order valence-corrected chi connectivity index (χ2v) is 8.24. The van der Waals surface area contributed by atoms with Gasteiger partial charge in [-0.2, -0.15) is 5.01 Å². The first kappa shape index (κ1) is 22.4. The SMILES string of the molecule is CCC1(c2ccccc2)NC(=O)N(NC(=O)CSc2nccn2-c2cccc(OC)c2)C1=O. The van der Waals surface area contributed by atoms with Crippen molar-refractivity contribution in [2.45, 2.75) is 24.0 Å². The first-order valence-electron chi connectivity index (χ1n) is 10.3. The van der Waals surface area contributed by atoms with E-state index in [0.717, 1.165) is 10.7 Å². The van der Waals surface area contributed by atoms with E-state index < -0.39 is 23.4 Å². The fraction of sp³-hybridized carbons (Fsp3) is 0.217. The van der Waals surface area contributed by atoms with Crippen LogP contribution in [-0.4, -0.2) is 45.3 Å². The van der Waals surface area contributed by atoms with Crippen LogP contribution < -0.4 is 15.5 Å². The molecule has 1 aromatic heterocycles. The van der Waals surface area contributed by atoms with Gasteiger partial charge in [0.1, 0.15) is 11.3 Å². The number of aromatic nitrogens is 2. The Morgan fingerprint density at radius 1 is 1.18 bits per heavy atom. The van der Waals surface area contributed by atoms with Crippen molar-refractivity contribution in [3.63, 3.8) is 0 Å². The molecule has 0 bridgehead atoms. The highest BCUT2D eigenvalue weighted by Crippen LogP contribution is 2.31. The predicted molar refractivity (Wildman–Crippen MR) is 123 cm³/mol. The van der Waals surface area contributed by atoms with Crippen LogP contribution in [0.3, 0.4) is 0 Å². The molecule has 1 aliphatic rings. The first-order valence-corrected chi connectivity index (χ1v) is 11.3. The highest BCUT2D eigenvalue weighted by molar-refractivity contribution is 7.99. The van der Waals surface area contributed by atoms with E-state index in [-0.39, 0.29) is 5.75 Å². The Hall–Kier alpha value is -3.79. The van der Waals surface area contributed by atoms with Crippen molar-refractivity contribution in [2.75, 3.05) is 12.9 Å². The molecule has 33 heavy (non-hydrogen) atoms. The van der Waals surface area contributed by atoms with Crippen LogP contribution in [0.15, 0.2) is 72.1 Å². The highest BCUT2D eigenvalue weighted by Gasteiger charge is 2.52. The summed E-state index contributed by atoms with van der Waals surface area (Å²) in [7, 11) is 1.59. The minimum Gasteiger partial charge on any atom is -0.497 e. The topological polar surface area (TPSA) is 106 Å². The number of urea groups is 1. The number of hydrogen-bond donors (Lipinski definition) is 2. The first-order chi connectivity index (χ1) is 16.0. The normalized spacial score (nSPS) is 17.7. The van der Waals surface area contributed by atoms with Crippen molar-refractivity contribution >= 4 is 29.6 Å². The summed E-state index contributed by atoms with van der Waals surface area (Å²) in [5.41, 5.74) is 2.72. The largest absolute Gasteiger partial charge is 0.497 e. The molecule has 2 N–H and O–H groups in total. The van der Waals surface area contributed by atoms with Crippen LogP contribution in [-0.2, 0) is 15.1 Å². The zero-order valence-electron chi connectivity index (χ0n) is 18.1. The third-order valence-corrected chi connectivity index (χ3v) is 6.36. The third-order valence-electron chi connectivity index (χ3n) is 5.40. The highest BCUT2D eigenvalue weighted by atomic mass is 32.2. The maximum Gasteiger partial charge on any atom is 0.344 e. The third kappa shape index (κ3) is 4.29. The van der Waals surface area contributed by atoms with Crippen LogP contribution in [0.2, 0.25) is 0 Å². The molecule has 1 aliphatic heterocycles. The van der Waals surface area contributed by atoms with Crippen molar-refractivity contribution in [3.8, 4) is 11.4 Å². The Kier molecular flexibility index (Phi) is 6.36. The van der Waals surface area contributed by atoms with Crippen LogP contribution >= 0.6 is 11.8 Å². The minimum absolute atomic E-state index is 0.0392. The zero-order valence-corrected chi connectivity index (χ0v) is 19.0. The molecule has 10 heteroatoms. The standard InChI is InChI=1S/C23H23N5O4S/c1-3-23(16-8-5-4-6-9-16)20(30)28(21(31)25-23)26-19(29)15-33-22-24-12-13-27(22)17-10-7-11-18(14-17)32-2/h4-14H,3,15H2,1-2H3,(H,25,31)(H,26,29). The van der Waals surface area contributed by atoms with Gasteiger partial charge in [-0.3, -0.25) is 19.6 Å². The van der Waals surface area contributed by atoms with Crippen LogP contribution in [0.1, 0.15) is 18.9 Å². The van der Waals surface area contributed by atoms with Gasteiger partial charge < -0.3 is 10.1 Å². The molecule has 2 aromatic carbocycles. The van der Waals surface area contributed by atoms with Gasteiger partial charge in [-0.05, 0) is 24.1 Å². The molecule has 0 spiro atoms. The number of nitrogens with one attached hydrogen (secondary N) is 2. The number of carbonyl (C=O) groups excluding carboxylic acids is 3. The smallest absolute Gasteiger partial charge is 0.344 e. The Balaban J connectivity index is 1.44. The molecule has 1 saturated heterocycles. The number of hydrazine groups is 1. The van der Waals surface area contributed by atoms with Crippen LogP contribution in [0.5, 0.6) is 5.75 Å². The molecule has 4 amide bonds. The van der Waals surface area contributed by atoms with E-state index in [1.165, 1.54) is 11.8 Å². The number of benzene rings is 2. The molecule has 2 heterocycles. The molecule has 1 unspecified atom stereocenters. The van der Waals surface area contributed by atoms with Crippen LogP contribution in [0.25, 0.3) is 5.69 Å². The molecule has 0 aliphatic carbocycles. The van der Waals surface area contributed by atoms with Crippen LogP contribution in [0, 0.1) is 0 Å². The maximum absolute atomic E-state index is 13.1. The summed E-state index contributed by atoms with van der Waals surface area (Å²) in [6.45, 7) is 1.81. The molecular formula is C23H23N5O4S. The molecule has 1 fully saturated rings. The number of ether oxygens (including phenoxy) is 1. The van der Waals surface area contributed by atoms with Crippen molar-refractivity contribution in [1.82, 2.24) is 25.3 Å². The molecule has 0 radical (unpaired) electrons. The summed E-state index contributed by atoms with van der Waals surface area (Å²) in [6, 6.07) is 15.8. The summed E-state index contributed by atoms with van der Waals surface area (Å²) in [4.78, 5) is 42.6. The number of methoxy groups -OCH3 is 1. The number of nitrogens with zero attached hydrogens (tertiary/aromatic N) is 3. The molecule has 9 nitrogen and oxygen atoms in total. The Morgan fingerprint density at radius 2 is 1.97 bits per heavy atom. The number of hydrogen-bond acceptors (Lipinski definition) is 6. The lowest BCUT2D eigenvalue weighted by Crippen LogP contribution is -2.49. The van der Waals surface area contributed by atoms with E-state index in [1.807, 2.05) is 41.8 Å². The van der Waals surface area contributed by atoms with Gasteiger partial charge >= 0.3 is 6.03 Å². The van der Waals surface area contributed by atoms with Gasteiger partial charge in [-0.25, -0.2) is 9.78 Å². The number of imidazole rings is 1. The van der Waals surface area contributed by atoms with E-state index in [1.54, 1.807) is 43.8 Å². The van der Waals surface area contributed by atoms with Gasteiger partial charge in [0.2, 0.25) is 5.91 Å². The second-order valence-electron chi connectivity index (χ2n) is 7.30. The van der Waals surface area contributed by atoms with Crippen molar-refractivity contribution in [2.24, 2.45) is 0 Å². The Morgan fingerprint density at radius 3 is 2.70 bits per heavy atom. The molecular weight excluding hydrogens is 442 g/mol. The lowest BCUT2D eigenvalue weighted by molar-refractivity contribution is -0.138. The van der Waals surface area contributed by atoms with E-state index in [4.69, 9.17) is 4.74 Å². The maximum atomic E-state index is 13.1. The molecule has 1 atom stereocenters. The van der Waals surface area contributed by atoms with Crippen LogP contribution in [0.4, 0.5) is 4.79 Å². The summed E-state index contributed by atoms with van der Waals surface area (Å²) in [5.74, 6) is -0.352. The second kappa shape index (κ2) is 9.37. The van der Waals surface area contributed by atoms with Gasteiger partial charge in [-0.1, -0.05) is 55.1 Å². The van der Waals surface area contributed by atoms with Gasteiger partial charge in [-0.15, -0.1) is 0 Å². The number of rotatable bonds is 8. The minimum atomic E-state index is -1.21. The predicted octanol–water partition coefficient (Wildman–Crippen LogP) is 2.86. The van der Waals surface area contributed by atoms with E-state index in [0.29, 0.717) is 22.9 Å². The molecule has 0 saturated carbocycles. The molecule has 170 valence electrons. The van der Waals surface area contributed by atoms with Gasteiger partial charge in [0.15, 0.2) is 5.16 Å². The Labute approximate surface area is 195 Å². The number of amides is 4. The summed E-state index contributed by atoms with van der Waals surface area (Å²) < 4.78 is 7.09. The number of carbonyl (C=O) groups is 3. The van der Waals surface area contributed by atoms with Crippen molar-refractivity contribution in [3.05, 3.63) is 72.6 Å². The molecule has 3 aromatic rings. The summed E-state index contributed by atoms with van der Waals surface area (Å²) >= 11 is 1.19. The average molecular weight is 466 g/mol. The average Bonchev–Trinajstić information content (AvgIpc) is 3.42. The van der Waals surface area contributed by atoms with E-state index in [9.17, 15) is 14.4 Å². The van der Waals surface area contributed by atoms with Gasteiger partial charge in [0.25, 0.3) is 5.91 Å². The quantitative estimate of drug-likeness (QED) is 0.392. The molecule has 4 rings (SSSR count). The fourth-order valence-electron chi connectivity index (χ4n) is 3.68. The number of imide groups is 1. The Bertz CT molecular complexity index is 1180. The summed E-state index contributed by atoms with van der Waals surface area (Å²) in [5, 5.41) is 4.08. The van der Waals surface area contributed by atoms with E-state index >= 15 is 0 Å². The van der Waals surface area contributed by atoms with Crippen molar-refractivity contribution < 1.29 is 19.1 Å². The van der Waals surface area contributed by atoms with Gasteiger partial charge in [0, 0.05) is 18.5 Å². The lowest BCUT2D eigenvalue weighted by Gasteiger charge is -2.25. The van der Waals surface area contributed by atoms with Gasteiger partial charge in [0.05, 0.1) is 18.6 Å². The fourth-order valence-corrected chi connectivity index (χ4v) is 4.44. The summed E-state index contributed by atoms with van der Waals surface area (Å²) in [6.07, 6.45) is 3.76. The zero-order chi connectivity index (χ0) is 23.4. The monoisotopic (exact) mass is 465 g/mol. The lowest BCUT2D eigenvalue weighted by atomic mass is 9.87. The van der Waals surface area contributed by atoms with E-state index in [2.05, 4.69) is 15.7 Å².